The van der Waals surface area contributed by atoms with Gasteiger partial charge in [0.2, 0.25) is 0 Å². The zero-order valence-corrected chi connectivity index (χ0v) is 16.4. The van der Waals surface area contributed by atoms with Gasteiger partial charge in [-0.15, -0.1) is 11.3 Å². The summed E-state index contributed by atoms with van der Waals surface area (Å²) in [6, 6.07) is 6.29. The van der Waals surface area contributed by atoms with Crippen molar-refractivity contribution in [3.05, 3.63) is 41.2 Å². The molecule has 2 heterocycles. The van der Waals surface area contributed by atoms with Crippen molar-refractivity contribution in [3.8, 4) is 10.6 Å². The van der Waals surface area contributed by atoms with Crippen LogP contribution in [0.15, 0.2) is 30.5 Å². The molecule has 1 aliphatic rings. The molecule has 1 aromatic heterocycles. The molecule has 2 aromatic rings. The van der Waals surface area contributed by atoms with Crippen molar-refractivity contribution in [2.24, 2.45) is 0 Å². The third kappa shape index (κ3) is 6.22. The molecule has 0 bridgehead atoms. The number of carbonyl (C=O) groups excluding carboxylic acids is 1. The largest absolute Gasteiger partial charge is 0.411 e. The number of alkyl halides is 3. The Kier molecular flexibility index (Phi) is 7.20. The molecule has 10 heteroatoms. The zero-order valence-electron chi connectivity index (χ0n) is 15.6. The minimum absolute atomic E-state index is 0.0539. The molecule has 0 aliphatic carbocycles. The van der Waals surface area contributed by atoms with Gasteiger partial charge in [0.15, 0.2) is 0 Å². The molecule has 0 saturated carbocycles. The summed E-state index contributed by atoms with van der Waals surface area (Å²) >= 11 is 1.16. The Labute approximate surface area is 169 Å². The molecule has 29 heavy (non-hydrogen) atoms. The monoisotopic (exact) mass is 431 g/mol. The average molecular weight is 431 g/mol. The summed E-state index contributed by atoms with van der Waals surface area (Å²) in [7, 11) is 0. The second-order valence-electron chi connectivity index (χ2n) is 6.66. The van der Waals surface area contributed by atoms with E-state index in [4.69, 9.17) is 0 Å². The summed E-state index contributed by atoms with van der Waals surface area (Å²) in [5.41, 5.74) is 0.370. The number of amides is 1. The van der Waals surface area contributed by atoms with E-state index in [1.807, 2.05) is 0 Å². The number of rotatable bonds is 7. The predicted octanol–water partition coefficient (Wildman–Crippen LogP) is 3.68. The number of benzene rings is 1. The molecule has 0 unspecified atom stereocenters. The Morgan fingerprint density at radius 2 is 1.90 bits per heavy atom. The molecule has 0 spiro atoms. The van der Waals surface area contributed by atoms with E-state index in [1.165, 1.54) is 12.3 Å². The molecule has 5 nitrogen and oxygen atoms in total. The van der Waals surface area contributed by atoms with Gasteiger partial charge in [0.05, 0.1) is 6.20 Å². The number of piperazine rings is 1. The van der Waals surface area contributed by atoms with E-state index in [-0.39, 0.29) is 18.3 Å². The standard InChI is InChI=1S/C19H21F4N3O2S/c20-15-5-2-1-4-14(15)17-24-12-16(29-17)18(27)26-9-7-25(8-10-26)6-3-11-28-13-19(21,22)23/h1-2,4-5,12H,3,6-11,13H2. The average Bonchev–Trinajstić information content (AvgIpc) is 3.17. The van der Waals surface area contributed by atoms with E-state index in [1.54, 1.807) is 23.1 Å². The Morgan fingerprint density at radius 1 is 1.17 bits per heavy atom. The summed E-state index contributed by atoms with van der Waals surface area (Å²) in [6.07, 6.45) is -2.32. The maximum absolute atomic E-state index is 13.9. The molecule has 1 amide bonds. The van der Waals surface area contributed by atoms with Gasteiger partial charge in [0.25, 0.3) is 5.91 Å². The van der Waals surface area contributed by atoms with Crippen LogP contribution in [-0.2, 0) is 4.74 Å². The van der Waals surface area contributed by atoms with Crippen molar-refractivity contribution >= 4 is 17.2 Å². The zero-order chi connectivity index (χ0) is 20.9. The van der Waals surface area contributed by atoms with E-state index in [0.29, 0.717) is 54.6 Å². The molecule has 0 N–H and O–H groups in total. The van der Waals surface area contributed by atoms with Crippen LogP contribution in [0.3, 0.4) is 0 Å². The summed E-state index contributed by atoms with van der Waals surface area (Å²) in [4.78, 5) is 21.1. The summed E-state index contributed by atoms with van der Waals surface area (Å²) < 4.78 is 54.6. The number of carbonyl (C=O) groups is 1. The maximum Gasteiger partial charge on any atom is 0.411 e. The van der Waals surface area contributed by atoms with Gasteiger partial charge in [-0.3, -0.25) is 9.69 Å². The number of thiazole rings is 1. The quantitative estimate of drug-likeness (QED) is 0.496. The molecule has 158 valence electrons. The van der Waals surface area contributed by atoms with Gasteiger partial charge in [-0.25, -0.2) is 9.37 Å². The number of halogens is 4. The molecular formula is C19H21F4N3O2S. The minimum Gasteiger partial charge on any atom is -0.372 e. The van der Waals surface area contributed by atoms with Gasteiger partial charge in [-0.1, -0.05) is 12.1 Å². The van der Waals surface area contributed by atoms with E-state index in [9.17, 15) is 22.4 Å². The van der Waals surface area contributed by atoms with E-state index in [0.717, 1.165) is 11.3 Å². The highest BCUT2D eigenvalue weighted by atomic mass is 32.1. The van der Waals surface area contributed by atoms with Crippen LogP contribution in [0, 0.1) is 5.82 Å². The van der Waals surface area contributed by atoms with E-state index in [2.05, 4.69) is 14.6 Å². The van der Waals surface area contributed by atoms with Gasteiger partial charge in [-0.05, 0) is 18.6 Å². The Bertz CT molecular complexity index is 820. The minimum atomic E-state index is -4.30. The van der Waals surface area contributed by atoms with Crippen LogP contribution in [0.4, 0.5) is 17.6 Å². The van der Waals surface area contributed by atoms with Crippen molar-refractivity contribution < 1.29 is 27.1 Å². The lowest BCUT2D eigenvalue weighted by Gasteiger charge is -2.34. The molecule has 1 fully saturated rings. The maximum atomic E-state index is 13.9. The van der Waals surface area contributed by atoms with Gasteiger partial charge in [-0.2, -0.15) is 13.2 Å². The van der Waals surface area contributed by atoms with Gasteiger partial charge in [0, 0.05) is 44.9 Å². The van der Waals surface area contributed by atoms with Crippen LogP contribution in [0.25, 0.3) is 10.6 Å². The third-order valence-corrected chi connectivity index (χ3v) is 5.53. The van der Waals surface area contributed by atoms with Crippen LogP contribution < -0.4 is 0 Å². The Balaban J connectivity index is 1.44. The fraction of sp³-hybridized carbons (Fsp3) is 0.474. The first-order valence-electron chi connectivity index (χ1n) is 9.20. The number of nitrogens with zero attached hydrogens (tertiary/aromatic N) is 3. The highest BCUT2D eigenvalue weighted by Crippen LogP contribution is 2.28. The van der Waals surface area contributed by atoms with Crippen molar-refractivity contribution in [1.29, 1.82) is 0 Å². The lowest BCUT2D eigenvalue weighted by atomic mass is 10.2. The summed E-state index contributed by atoms with van der Waals surface area (Å²) in [6.45, 7) is 1.79. The van der Waals surface area contributed by atoms with Crippen LogP contribution in [0.5, 0.6) is 0 Å². The third-order valence-electron chi connectivity index (χ3n) is 4.51. The van der Waals surface area contributed by atoms with Crippen LogP contribution in [0.2, 0.25) is 0 Å². The van der Waals surface area contributed by atoms with Crippen molar-refractivity contribution in [3.63, 3.8) is 0 Å². The van der Waals surface area contributed by atoms with E-state index >= 15 is 0 Å². The summed E-state index contributed by atoms with van der Waals surface area (Å²) in [5.74, 6) is -0.521. The lowest BCUT2D eigenvalue weighted by molar-refractivity contribution is -0.174. The van der Waals surface area contributed by atoms with Crippen LogP contribution in [0.1, 0.15) is 16.1 Å². The van der Waals surface area contributed by atoms with Gasteiger partial charge >= 0.3 is 6.18 Å². The predicted molar refractivity (Wildman–Crippen MR) is 101 cm³/mol. The highest BCUT2D eigenvalue weighted by molar-refractivity contribution is 7.16. The molecule has 1 saturated heterocycles. The van der Waals surface area contributed by atoms with Crippen LogP contribution in [-0.4, -0.2) is 72.8 Å². The molecular weight excluding hydrogens is 410 g/mol. The first-order chi connectivity index (χ1) is 13.8. The SMILES string of the molecule is O=C(c1cnc(-c2ccccc2F)s1)N1CCN(CCCOCC(F)(F)F)CC1. The van der Waals surface area contributed by atoms with Crippen LogP contribution >= 0.6 is 11.3 Å². The second kappa shape index (κ2) is 9.64. The number of hydrogen-bond donors (Lipinski definition) is 0. The Hall–Kier alpha value is -2.04. The fourth-order valence-electron chi connectivity index (χ4n) is 3.04. The topological polar surface area (TPSA) is 45.7 Å². The first kappa shape index (κ1) is 21.7. The van der Waals surface area contributed by atoms with Crippen molar-refractivity contribution in [2.75, 3.05) is 45.9 Å². The molecule has 3 rings (SSSR count). The lowest BCUT2D eigenvalue weighted by Crippen LogP contribution is -2.48. The summed E-state index contributed by atoms with van der Waals surface area (Å²) in [5, 5.41) is 0.462. The fourth-order valence-corrected chi connectivity index (χ4v) is 3.95. The van der Waals surface area contributed by atoms with Gasteiger partial charge in [0.1, 0.15) is 22.3 Å². The first-order valence-corrected chi connectivity index (χ1v) is 10.0. The highest BCUT2D eigenvalue weighted by Gasteiger charge is 2.27. The number of aromatic nitrogens is 1. The van der Waals surface area contributed by atoms with Gasteiger partial charge < -0.3 is 9.64 Å². The van der Waals surface area contributed by atoms with Crippen molar-refractivity contribution in [1.82, 2.24) is 14.8 Å². The number of ether oxygens (including phenoxy) is 1. The Morgan fingerprint density at radius 3 is 2.59 bits per heavy atom. The molecule has 1 aromatic carbocycles. The van der Waals surface area contributed by atoms with Crippen molar-refractivity contribution in [2.45, 2.75) is 12.6 Å². The number of hydrogen-bond acceptors (Lipinski definition) is 5. The molecule has 0 radical (unpaired) electrons. The van der Waals surface area contributed by atoms with E-state index < -0.39 is 12.8 Å². The molecule has 0 atom stereocenters. The second-order valence-corrected chi connectivity index (χ2v) is 7.70. The smallest absolute Gasteiger partial charge is 0.372 e. The normalized spacial score (nSPS) is 15.7. The molecule has 1 aliphatic heterocycles.